The summed E-state index contributed by atoms with van der Waals surface area (Å²) in [5.74, 6) is 0. The third-order valence-electron chi connectivity index (χ3n) is 1.17. The average Bonchev–Trinajstić information content (AvgIpc) is 3.01. The molecule has 0 aromatic heterocycles. The minimum Gasteiger partial charge on any atom is -1.00 e. The van der Waals surface area contributed by atoms with Gasteiger partial charge < -0.3 is 38.7 Å². The van der Waals surface area contributed by atoms with Crippen molar-refractivity contribution in [2.45, 2.75) is 26.7 Å². The maximum absolute atomic E-state index is 3.25. The Morgan fingerprint density at radius 1 is 0.778 bits per heavy atom. The second-order valence-electron chi connectivity index (χ2n) is 2.01. The Kier molecular flexibility index (Phi) is 87.0. The van der Waals surface area contributed by atoms with Gasteiger partial charge in [0.15, 0.2) is 0 Å². The number of allylic oxidation sites excluding steroid dienone is 8. The molecule has 18 heavy (non-hydrogen) atoms. The predicted octanol–water partition coefficient (Wildman–Crippen LogP) is -1.70. The van der Waals surface area contributed by atoms with E-state index in [9.17, 15) is 0 Å². The van der Waals surface area contributed by atoms with E-state index in [1.165, 1.54) is 0 Å². The van der Waals surface area contributed by atoms with Gasteiger partial charge in [0.1, 0.15) is 0 Å². The van der Waals surface area contributed by atoms with Crippen LogP contribution in [0.2, 0.25) is 0 Å². The molecule has 2 rings (SSSR count). The topological polar surface area (TPSA) is 0 Å². The molecule has 2 aliphatic carbocycles. The molecular formula is C14H20Cl2ZnZr. The molecule has 0 fully saturated rings. The maximum atomic E-state index is 3.25. The standard InChI is InChI=1S/2C5H5.2C2H5.2ClH.Zn.Zr/c2*1-2-4-5-3-1;2*1-2;;;;/h2*1-3H,4H2;2*1H2,2H3;2*1H;;/q4*-1;;;+2;+4/p-2. The summed E-state index contributed by atoms with van der Waals surface area (Å²) >= 11 is 0. The molecule has 0 saturated heterocycles. The minimum atomic E-state index is 0. The van der Waals surface area contributed by atoms with Gasteiger partial charge in [0, 0.05) is 0 Å². The molecule has 4 heteroatoms. The van der Waals surface area contributed by atoms with Crippen molar-refractivity contribution in [3.8, 4) is 0 Å². The normalized spacial score (nSPS) is 10.4. The maximum Gasteiger partial charge on any atom is 4.00 e. The number of halogens is 2. The van der Waals surface area contributed by atoms with E-state index in [1.54, 1.807) is 13.8 Å². The summed E-state index contributed by atoms with van der Waals surface area (Å²) in [5.41, 5.74) is 0. The second kappa shape index (κ2) is 43.0. The monoisotopic (exact) mass is 412 g/mol. The van der Waals surface area contributed by atoms with Gasteiger partial charge in [-0.2, -0.15) is 26.0 Å². The van der Waals surface area contributed by atoms with Crippen molar-refractivity contribution in [2.75, 3.05) is 0 Å². The predicted molar refractivity (Wildman–Crippen MR) is 65.2 cm³/mol. The van der Waals surface area contributed by atoms with Crippen molar-refractivity contribution in [1.82, 2.24) is 0 Å². The van der Waals surface area contributed by atoms with Crippen molar-refractivity contribution < 1.29 is 70.5 Å². The Labute approximate surface area is 158 Å². The number of hydrogen-bond acceptors (Lipinski definition) is 0. The summed E-state index contributed by atoms with van der Waals surface area (Å²) in [5, 5.41) is 0. The van der Waals surface area contributed by atoms with E-state index in [4.69, 9.17) is 0 Å². The molecule has 0 unspecified atom stereocenters. The van der Waals surface area contributed by atoms with Crippen molar-refractivity contribution in [1.29, 1.82) is 0 Å². The molecule has 0 aliphatic heterocycles. The molecule has 0 amide bonds. The van der Waals surface area contributed by atoms with Crippen LogP contribution >= 0.6 is 0 Å². The summed E-state index contributed by atoms with van der Waals surface area (Å²) < 4.78 is 0. The van der Waals surface area contributed by atoms with Gasteiger partial charge in [0.25, 0.3) is 0 Å². The molecular weight excluding hydrogens is 396 g/mol. The Hall–Kier alpha value is 1.05. The molecule has 0 atom stereocenters. The fourth-order valence-corrected chi connectivity index (χ4v) is 0.680. The zero-order chi connectivity index (χ0) is 11.1. The van der Waals surface area contributed by atoms with E-state index in [0.717, 1.165) is 12.8 Å². The summed E-state index contributed by atoms with van der Waals surface area (Å²) in [4.78, 5) is 0. The van der Waals surface area contributed by atoms with Gasteiger partial charge in [0.2, 0.25) is 0 Å². The van der Waals surface area contributed by atoms with E-state index in [1.807, 2.05) is 24.3 Å². The van der Waals surface area contributed by atoms with E-state index >= 15 is 0 Å². The number of hydrogen-bond donors (Lipinski definition) is 0. The molecule has 0 saturated carbocycles. The number of rotatable bonds is 0. The van der Waals surface area contributed by atoms with Gasteiger partial charge in [-0.15, -0.1) is 12.8 Å². The van der Waals surface area contributed by atoms with Crippen LogP contribution in [0.5, 0.6) is 0 Å². The SMILES string of the molecule is [C-]1=CC=CC1.[C-]1=CC=CC1.[CH2-]C.[CH2-]C.[Cl-].[Cl-].[Zn+2].[Zr+4]. The van der Waals surface area contributed by atoms with Crippen LogP contribution in [0.1, 0.15) is 26.7 Å². The van der Waals surface area contributed by atoms with E-state index in [0.29, 0.717) is 0 Å². The first-order chi connectivity index (χ1) is 7.00. The van der Waals surface area contributed by atoms with Gasteiger partial charge in [-0.3, -0.25) is 12.2 Å². The van der Waals surface area contributed by atoms with Crippen LogP contribution in [0.3, 0.4) is 0 Å². The Morgan fingerprint density at radius 2 is 1.06 bits per heavy atom. The second-order valence-corrected chi connectivity index (χ2v) is 2.01. The smallest absolute Gasteiger partial charge is 1.00 e. The van der Waals surface area contributed by atoms with Gasteiger partial charge in [-0.25, -0.2) is 24.3 Å². The minimum absolute atomic E-state index is 0. The molecule has 0 N–H and O–H groups in total. The van der Waals surface area contributed by atoms with Crippen LogP contribution in [0.25, 0.3) is 0 Å². The first-order valence-electron chi connectivity index (χ1n) is 4.85. The Balaban J connectivity index is -0.0000000268. The van der Waals surface area contributed by atoms with Crippen LogP contribution < -0.4 is 24.8 Å². The fraction of sp³-hybridized carbons (Fsp3) is 0.286. The Bertz CT molecular complexity index is 158. The molecule has 0 bridgehead atoms. The van der Waals surface area contributed by atoms with Gasteiger partial charge in [-0.1, -0.05) is 0 Å². The first-order valence-corrected chi connectivity index (χ1v) is 4.85. The van der Waals surface area contributed by atoms with Gasteiger partial charge in [0.05, 0.1) is 0 Å². The third kappa shape index (κ3) is 36.0. The van der Waals surface area contributed by atoms with Gasteiger partial charge >= 0.3 is 45.7 Å². The third-order valence-corrected chi connectivity index (χ3v) is 1.17. The first kappa shape index (κ1) is 36.4. The molecule has 2 aliphatic rings. The summed E-state index contributed by atoms with van der Waals surface area (Å²) in [6.07, 6.45) is 20.0. The van der Waals surface area contributed by atoms with Crippen LogP contribution in [0, 0.1) is 26.0 Å². The van der Waals surface area contributed by atoms with Crippen molar-refractivity contribution in [2.24, 2.45) is 0 Å². The van der Waals surface area contributed by atoms with E-state index < -0.39 is 0 Å². The quantitative estimate of drug-likeness (QED) is 0.327. The summed E-state index contributed by atoms with van der Waals surface area (Å²) in [6, 6.07) is 0. The van der Waals surface area contributed by atoms with Crippen LogP contribution in [0.4, 0.5) is 0 Å². The molecule has 0 spiro atoms. The molecule has 0 radical (unpaired) electrons. The zero-order valence-corrected chi connectivity index (χ0v) is 18.2. The van der Waals surface area contributed by atoms with Crippen LogP contribution in [0.15, 0.2) is 36.5 Å². The van der Waals surface area contributed by atoms with Crippen LogP contribution in [-0.4, -0.2) is 0 Å². The fourth-order valence-electron chi connectivity index (χ4n) is 0.680. The van der Waals surface area contributed by atoms with Crippen molar-refractivity contribution in [3.05, 3.63) is 62.5 Å². The van der Waals surface area contributed by atoms with E-state index in [2.05, 4.69) is 38.2 Å². The molecule has 0 heterocycles. The molecule has 96 valence electrons. The summed E-state index contributed by atoms with van der Waals surface area (Å²) in [6.45, 7) is 10.0. The van der Waals surface area contributed by atoms with Crippen molar-refractivity contribution in [3.63, 3.8) is 0 Å². The zero-order valence-electron chi connectivity index (χ0n) is 11.3. The van der Waals surface area contributed by atoms with Crippen LogP contribution in [-0.2, 0) is 45.7 Å². The summed E-state index contributed by atoms with van der Waals surface area (Å²) in [7, 11) is 0. The average molecular weight is 416 g/mol. The van der Waals surface area contributed by atoms with E-state index in [-0.39, 0.29) is 70.5 Å². The largest absolute Gasteiger partial charge is 4.00 e. The molecule has 0 nitrogen and oxygen atoms in total. The molecule has 0 aromatic rings. The van der Waals surface area contributed by atoms with Gasteiger partial charge in [-0.05, 0) is 0 Å². The molecule has 0 aromatic carbocycles. The Morgan fingerprint density at radius 3 is 1.11 bits per heavy atom. The van der Waals surface area contributed by atoms with Crippen molar-refractivity contribution >= 4 is 0 Å².